The highest BCUT2D eigenvalue weighted by molar-refractivity contribution is 6.21. The van der Waals surface area contributed by atoms with Crippen molar-refractivity contribution < 1.29 is 33.4 Å². The predicted molar refractivity (Wildman–Crippen MR) is 96.4 cm³/mol. The van der Waals surface area contributed by atoms with Crippen molar-refractivity contribution in [2.75, 3.05) is 20.4 Å². The Hall–Kier alpha value is -3.68. The summed E-state index contributed by atoms with van der Waals surface area (Å²) in [6.45, 7) is 0.458. The third-order valence-electron chi connectivity index (χ3n) is 4.15. The number of carbonyl (C=O) groups is 4. The summed E-state index contributed by atoms with van der Waals surface area (Å²) in [6.07, 6.45) is 0. The molecule has 1 aliphatic heterocycles. The molecule has 1 heterocycles. The Morgan fingerprint density at radius 2 is 1.61 bits per heavy atom. The van der Waals surface area contributed by atoms with Crippen LogP contribution in [-0.4, -0.2) is 48.9 Å². The molecule has 1 aliphatic rings. The number of hydrogen-bond acceptors (Lipinski definition) is 7. The van der Waals surface area contributed by atoms with Gasteiger partial charge < -0.3 is 14.2 Å². The molecule has 3 rings (SSSR count). The molecule has 2 amide bonds. The van der Waals surface area contributed by atoms with Crippen LogP contribution in [0, 0.1) is 0 Å². The normalized spacial score (nSPS) is 12.6. The van der Waals surface area contributed by atoms with Gasteiger partial charge in [-0.1, -0.05) is 12.1 Å². The van der Waals surface area contributed by atoms with Gasteiger partial charge in [0.15, 0.2) is 30.6 Å². The van der Waals surface area contributed by atoms with Crippen LogP contribution in [0.25, 0.3) is 0 Å². The number of ketones is 1. The Kier molecular flexibility index (Phi) is 5.39. The minimum Gasteiger partial charge on any atom is -0.493 e. The first-order valence-electron chi connectivity index (χ1n) is 8.35. The van der Waals surface area contributed by atoms with Gasteiger partial charge in [0.25, 0.3) is 11.8 Å². The van der Waals surface area contributed by atoms with Crippen LogP contribution in [0.1, 0.15) is 38.0 Å². The van der Waals surface area contributed by atoms with E-state index in [1.54, 1.807) is 18.2 Å². The molecule has 0 radical (unpaired) electrons. The van der Waals surface area contributed by atoms with Crippen LogP contribution in [0.4, 0.5) is 0 Å². The fourth-order valence-electron chi connectivity index (χ4n) is 2.68. The molecule has 0 spiro atoms. The van der Waals surface area contributed by atoms with Crippen molar-refractivity contribution in [3.63, 3.8) is 0 Å². The molecule has 8 heteroatoms. The van der Waals surface area contributed by atoms with Gasteiger partial charge in [0, 0.05) is 5.56 Å². The minimum atomic E-state index is -0.769. The molecule has 0 unspecified atom stereocenters. The predicted octanol–water partition coefficient (Wildman–Crippen LogP) is 2.07. The molecule has 2 aromatic carbocycles. The number of Topliss-reactive ketones (excluding diaryl/α,β-unsaturated/α-hetero) is 1. The lowest BCUT2D eigenvalue weighted by Gasteiger charge is -2.15. The molecule has 0 atom stereocenters. The summed E-state index contributed by atoms with van der Waals surface area (Å²) in [4.78, 5) is 48.6. The molecule has 0 fully saturated rings. The summed E-state index contributed by atoms with van der Waals surface area (Å²) in [7, 11) is 1.41. The number of ether oxygens (including phenoxy) is 3. The van der Waals surface area contributed by atoms with Gasteiger partial charge in [0.1, 0.15) is 0 Å². The third-order valence-corrected chi connectivity index (χ3v) is 4.15. The lowest BCUT2D eigenvalue weighted by Crippen LogP contribution is -2.34. The smallest absolute Gasteiger partial charge is 0.345 e. The van der Waals surface area contributed by atoms with E-state index >= 15 is 0 Å². The topological polar surface area (TPSA) is 99.2 Å². The zero-order valence-corrected chi connectivity index (χ0v) is 15.3. The number of esters is 1. The van der Waals surface area contributed by atoms with Gasteiger partial charge in [-0.25, -0.2) is 9.69 Å². The van der Waals surface area contributed by atoms with Crippen LogP contribution < -0.4 is 9.47 Å². The molecule has 0 aromatic heterocycles. The highest BCUT2D eigenvalue weighted by Crippen LogP contribution is 2.28. The average molecular weight is 383 g/mol. The largest absolute Gasteiger partial charge is 0.493 e. The fraction of sp³-hybridized carbons (Fsp3) is 0.200. The van der Waals surface area contributed by atoms with E-state index in [-0.39, 0.29) is 22.7 Å². The molecular weight excluding hydrogens is 366 g/mol. The Balaban J connectivity index is 1.57. The summed E-state index contributed by atoms with van der Waals surface area (Å²) in [5, 5.41) is 0. The SMILES string of the molecule is COc1cc(C(C)=O)ccc1OCC(=O)OCN1C(=O)c2ccccc2C1=O. The van der Waals surface area contributed by atoms with E-state index < -0.39 is 31.1 Å². The number of rotatable bonds is 7. The van der Waals surface area contributed by atoms with E-state index in [0.29, 0.717) is 11.3 Å². The monoisotopic (exact) mass is 383 g/mol. The molecule has 8 nitrogen and oxygen atoms in total. The van der Waals surface area contributed by atoms with Crippen LogP contribution in [-0.2, 0) is 9.53 Å². The van der Waals surface area contributed by atoms with E-state index in [1.807, 2.05) is 0 Å². The summed E-state index contributed by atoms with van der Waals surface area (Å²) in [5.74, 6) is -1.39. The number of fused-ring (bicyclic) bond motifs is 1. The number of hydrogen-bond donors (Lipinski definition) is 0. The number of methoxy groups -OCH3 is 1. The molecule has 0 saturated heterocycles. The van der Waals surface area contributed by atoms with Crippen molar-refractivity contribution in [2.24, 2.45) is 0 Å². The fourth-order valence-corrected chi connectivity index (χ4v) is 2.68. The van der Waals surface area contributed by atoms with Crippen molar-refractivity contribution in [3.8, 4) is 11.5 Å². The number of imide groups is 1. The number of amides is 2. The molecule has 2 aromatic rings. The maximum atomic E-state index is 12.2. The summed E-state index contributed by atoms with van der Waals surface area (Å²) < 4.78 is 15.5. The van der Waals surface area contributed by atoms with Crippen molar-refractivity contribution in [1.29, 1.82) is 0 Å². The summed E-state index contributed by atoms with van der Waals surface area (Å²) >= 11 is 0. The van der Waals surface area contributed by atoms with Crippen molar-refractivity contribution in [2.45, 2.75) is 6.92 Å². The van der Waals surface area contributed by atoms with E-state index in [1.165, 1.54) is 38.3 Å². The Morgan fingerprint density at radius 3 is 2.18 bits per heavy atom. The number of nitrogens with zero attached hydrogens (tertiary/aromatic N) is 1. The zero-order chi connectivity index (χ0) is 20.3. The maximum absolute atomic E-state index is 12.2. The summed E-state index contributed by atoms with van der Waals surface area (Å²) in [6, 6.07) is 10.9. The first kappa shape index (κ1) is 19.1. The van der Waals surface area contributed by atoms with Crippen LogP contribution in [0.2, 0.25) is 0 Å². The summed E-state index contributed by atoms with van der Waals surface area (Å²) in [5.41, 5.74) is 0.989. The Labute approximate surface area is 160 Å². The first-order valence-corrected chi connectivity index (χ1v) is 8.35. The third kappa shape index (κ3) is 3.71. The minimum absolute atomic E-state index is 0.134. The van der Waals surface area contributed by atoms with Gasteiger partial charge in [-0.3, -0.25) is 14.4 Å². The maximum Gasteiger partial charge on any atom is 0.345 e. The van der Waals surface area contributed by atoms with E-state index in [9.17, 15) is 19.2 Å². The van der Waals surface area contributed by atoms with Crippen molar-refractivity contribution >= 4 is 23.6 Å². The number of carbonyl (C=O) groups excluding carboxylic acids is 4. The molecule has 28 heavy (non-hydrogen) atoms. The van der Waals surface area contributed by atoms with Crippen molar-refractivity contribution in [1.82, 2.24) is 4.90 Å². The van der Waals surface area contributed by atoms with Crippen LogP contribution in [0.15, 0.2) is 42.5 Å². The van der Waals surface area contributed by atoms with Gasteiger partial charge >= 0.3 is 5.97 Å². The second-order valence-electron chi connectivity index (χ2n) is 5.94. The molecular formula is C20H17NO7. The van der Waals surface area contributed by atoms with E-state index in [0.717, 1.165) is 4.90 Å². The van der Waals surface area contributed by atoms with Gasteiger partial charge in [-0.15, -0.1) is 0 Å². The molecule has 0 saturated carbocycles. The number of benzene rings is 2. The average Bonchev–Trinajstić information content (AvgIpc) is 2.95. The van der Waals surface area contributed by atoms with Crippen molar-refractivity contribution in [3.05, 3.63) is 59.2 Å². The standard InChI is InChI=1S/C20H17NO7/c1-12(22)13-7-8-16(17(9-13)26-2)27-10-18(23)28-11-21-19(24)14-5-3-4-6-15(14)20(21)25/h3-9H,10-11H2,1-2H3. The van der Waals surface area contributed by atoms with Gasteiger partial charge in [-0.2, -0.15) is 0 Å². The molecule has 144 valence electrons. The quantitative estimate of drug-likeness (QED) is 0.410. The van der Waals surface area contributed by atoms with E-state index in [2.05, 4.69) is 0 Å². The highest BCUT2D eigenvalue weighted by Gasteiger charge is 2.35. The van der Waals surface area contributed by atoms with Gasteiger partial charge in [0.05, 0.1) is 18.2 Å². The van der Waals surface area contributed by atoms with Crippen LogP contribution in [0.5, 0.6) is 11.5 Å². The molecule has 0 N–H and O–H groups in total. The van der Waals surface area contributed by atoms with E-state index in [4.69, 9.17) is 14.2 Å². The molecule has 0 bridgehead atoms. The van der Waals surface area contributed by atoms with Crippen LogP contribution in [0.3, 0.4) is 0 Å². The van der Waals surface area contributed by atoms with Gasteiger partial charge in [-0.05, 0) is 37.3 Å². The second kappa shape index (κ2) is 7.91. The van der Waals surface area contributed by atoms with Crippen LogP contribution >= 0.6 is 0 Å². The second-order valence-corrected chi connectivity index (χ2v) is 5.94. The lowest BCUT2D eigenvalue weighted by molar-refractivity contribution is -0.148. The molecule has 0 aliphatic carbocycles. The zero-order valence-electron chi connectivity index (χ0n) is 15.3. The lowest BCUT2D eigenvalue weighted by atomic mass is 10.1. The Morgan fingerprint density at radius 1 is 0.964 bits per heavy atom. The highest BCUT2D eigenvalue weighted by atomic mass is 16.6. The first-order chi connectivity index (χ1) is 13.4. The van der Waals surface area contributed by atoms with Gasteiger partial charge in [0.2, 0.25) is 0 Å². The Bertz CT molecular complexity index is 932.